The van der Waals surface area contributed by atoms with Crippen LogP contribution in [0.4, 0.5) is 0 Å². The summed E-state index contributed by atoms with van der Waals surface area (Å²) in [5.41, 5.74) is 1.07. The van der Waals surface area contributed by atoms with Gasteiger partial charge in [0.2, 0.25) is 11.8 Å². The quantitative estimate of drug-likeness (QED) is 0.701. The molecular formula is C15H24N4O4. The summed E-state index contributed by atoms with van der Waals surface area (Å²) in [6.45, 7) is 4.46. The first-order valence-corrected chi connectivity index (χ1v) is 7.72. The number of hydrogen-bond acceptors (Lipinski definition) is 5. The fourth-order valence-corrected chi connectivity index (χ4v) is 2.34. The zero-order chi connectivity index (χ0) is 16.7. The Hall–Kier alpha value is -1.93. The molecule has 8 heteroatoms. The second-order valence-electron chi connectivity index (χ2n) is 5.60. The minimum absolute atomic E-state index is 0.0429. The van der Waals surface area contributed by atoms with Gasteiger partial charge in [-0.3, -0.25) is 14.3 Å². The van der Waals surface area contributed by atoms with Crippen LogP contribution in [0.1, 0.15) is 12.0 Å². The van der Waals surface area contributed by atoms with Crippen LogP contribution >= 0.6 is 0 Å². The highest BCUT2D eigenvalue weighted by Crippen LogP contribution is 2.06. The number of amides is 2. The molecule has 0 saturated carbocycles. The van der Waals surface area contributed by atoms with E-state index < -0.39 is 0 Å². The summed E-state index contributed by atoms with van der Waals surface area (Å²) in [6, 6.07) is 0. The first-order chi connectivity index (χ1) is 11.1. The van der Waals surface area contributed by atoms with Gasteiger partial charge in [0.25, 0.3) is 0 Å². The van der Waals surface area contributed by atoms with Gasteiger partial charge in [0.05, 0.1) is 18.9 Å². The van der Waals surface area contributed by atoms with Crippen molar-refractivity contribution in [2.75, 3.05) is 40.0 Å². The van der Waals surface area contributed by atoms with E-state index in [-0.39, 0.29) is 24.5 Å². The second-order valence-corrected chi connectivity index (χ2v) is 5.60. The fraction of sp³-hybridized carbons (Fsp3) is 0.667. The van der Waals surface area contributed by atoms with Gasteiger partial charge in [-0.2, -0.15) is 5.10 Å². The van der Waals surface area contributed by atoms with Crippen LogP contribution in [-0.4, -0.2) is 72.6 Å². The van der Waals surface area contributed by atoms with E-state index in [4.69, 9.17) is 9.47 Å². The lowest BCUT2D eigenvalue weighted by molar-refractivity contribution is -0.149. The van der Waals surface area contributed by atoms with Crippen LogP contribution < -0.4 is 5.32 Å². The minimum atomic E-state index is -0.180. The van der Waals surface area contributed by atoms with Gasteiger partial charge in [0, 0.05) is 45.9 Å². The van der Waals surface area contributed by atoms with E-state index in [0.29, 0.717) is 39.2 Å². The van der Waals surface area contributed by atoms with Crippen molar-refractivity contribution >= 4 is 11.8 Å². The predicted molar refractivity (Wildman–Crippen MR) is 82.8 cm³/mol. The van der Waals surface area contributed by atoms with Crippen LogP contribution in [0.3, 0.4) is 0 Å². The Morgan fingerprint density at radius 3 is 3.04 bits per heavy atom. The van der Waals surface area contributed by atoms with Crippen molar-refractivity contribution in [1.29, 1.82) is 0 Å². The summed E-state index contributed by atoms with van der Waals surface area (Å²) in [7, 11) is 1.60. The Labute approximate surface area is 135 Å². The standard InChI is InChI=1S/C15H24N4O4/c1-12-7-17-19(9-12)4-3-14(20)16-8-13-10-18(5-6-22-2)15(21)11-23-13/h7,9,13H,3-6,8,10-11H2,1-2H3,(H,16,20). The molecule has 128 valence electrons. The molecule has 2 rings (SSSR count). The molecule has 1 N–H and O–H groups in total. The minimum Gasteiger partial charge on any atom is -0.383 e. The average Bonchev–Trinajstić information content (AvgIpc) is 2.96. The molecule has 23 heavy (non-hydrogen) atoms. The van der Waals surface area contributed by atoms with Crippen molar-refractivity contribution < 1.29 is 19.1 Å². The van der Waals surface area contributed by atoms with Crippen LogP contribution in [0.5, 0.6) is 0 Å². The van der Waals surface area contributed by atoms with Crippen LogP contribution in [0.15, 0.2) is 12.4 Å². The number of aryl methyl sites for hydroxylation is 2. The zero-order valence-corrected chi connectivity index (χ0v) is 13.7. The van der Waals surface area contributed by atoms with E-state index >= 15 is 0 Å². The van der Waals surface area contributed by atoms with E-state index in [1.807, 2.05) is 13.1 Å². The molecule has 1 atom stereocenters. The predicted octanol–water partition coefficient (Wildman–Crippen LogP) is -0.428. The average molecular weight is 324 g/mol. The van der Waals surface area contributed by atoms with Crippen molar-refractivity contribution in [3.8, 4) is 0 Å². The first kappa shape index (κ1) is 17.4. The summed E-state index contributed by atoms with van der Waals surface area (Å²) < 4.78 is 12.2. The van der Waals surface area contributed by atoms with Crippen molar-refractivity contribution in [3.05, 3.63) is 18.0 Å². The molecule has 1 aliphatic heterocycles. The Bertz CT molecular complexity index is 531. The Kier molecular flexibility index (Phi) is 6.54. The topological polar surface area (TPSA) is 85.7 Å². The third-order valence-corrected chi connectivity index (χ3v) is 3.64. The summed E-state index contributed by atoms with van der Waals surface area (Å²) >= 11 is 0. The number of carbonyl (C=O) groups is 2. The van der Waals surface area contributed by atoms with E-state index in [1.54, 1.807) is 22.9 Å². The molecule has 0 aliphatic carbocycles. The largest absolute Gasteiger partial charge is 0.383 e. The van der Waals surface area contributed by atoms with Crippen LogP contribution in [0, 0.1) is 6.92 Å². The van der Waals surface area contributed by atoms with E-state index in [1.165, 1.54) is 0 Å². The lowest BCUT2D eigenvalue weighted by atomic mass is 10.2. The Balaban J connectivity index is 1.68. The number of morpholine rings is 1. The van der Waals surface area contributed by atoms with Gasteiger partial charge in [0.15, 0.2) is 0 Å². The molecule has 0 bridgehead atoms. The number of aromatic nitrogens is 2. The molecule has 1 unspecified atom stereocenters. The molecule has 1 aromatic heterocycles. The molecule has 1 aliphatic rings. The highest BCUT2D eigenvalue weighted by molar-refractivity contribution is 5.78. The molecule has 1 saturated heterocycles. The number of methoxy groups -OCH3 is 1. The highest BCUT2D eigenvalue weighted by atomic mass is 16.5. The molecule has 8 nitrogen and oxygen atoms in total. The molecule has 0 aromatic carbocycles. The van der Waals surface area contributed by atoms with Crippen LogP contribution in [0.2, 0.25) is 0 Å². The molecule has 1 fully saturated rings. The zero-order valence-electron chi connectivity index (χ0n) is 13.7. The fourth-order valence-electron chi connectivity index (χ4n) is 2.34. The van der Waals surface area contributed by atoms with Crippen molar-refractivity contribution in [3.63, 3.8) is 0 Å². The molecule has 1 aromatic rings. The number of ether oxygens (including phenoxy) is 2. The maximum Gasteiger partial charge on any atom is 0.248 e. The molecule has 2 amide bonds. The van der Waals surface area contributed by atoms with E-state index in [9.17, 15) is 9.59 Å². The first-order valence-electron chi connectivity index (χ1n) is 7.72. The van der Waals surface area contributed by atoms with E-state index in [0.717, 1.165) is 5.56 Å². The third-order valence-electron chi connectivity index (χ3n) is 3.64. The highest BCUT2D eigenvalue weighted by Gasteiger charge is 2.26. The normalized spacial score (nSPS) is 18.3. The summed E-state index contributed by atoms with van der Waals surface area (Å²) in [6.07, 6.45) is 3.84. The van der Waals surface area contributed by atoms with Gasteiger partial charge in [-0.05, 0) is 12.5 Å². The van der Waals surface area contributed by atoms with Gasteiger partial charge in [-0.1, -0.05) is 0 Å². The lowest BCUT2D eigenvalue weighted by Crippen LogP contribution is -2.51. The smallest absolute Gasteiger partial charge is 0.248 e. The van der Waals surface area contributed by atoms with Gasteiger partial charge in [0.1, 0.15) is 6.61 Å². The molecule has 0 spiro atoms. The monoisotopic (exact) mass is 324 g/mol. The SMILES string of the molecule is COCCN1CC(CNC(=O)CCn2cc(C)cn2)OCC1=O. The maximum atomic E-state index is 11.9. The van der Waals surface area contributed by atoms with Crippen molar-refractivity contribution in [2.45, 2.75) is 26.0 Å². The Morgan fingerprint density at radius 1 is 1.52 bits per heavy atom. The van der Waals surface area contributed by atoms with Crippen molar-refractivity contribution in [1.82, 2.24) is 20.0 Å². The molecular weight excluding hydrogens is 300 g/mol. The number of nitrogens with one attached hydrogen (secondary N) is 1. The van der Waals surface area contributed by atoms with Gasteiger partial charge in [-0.15, -0.1) is 0 Å². The molecule has 2 heterocycles. The number of hydrogen-bond donors (Lipinski definition) is 1. The molecule has 0 radical (unpaired) electrons. The summed E-state index contributed by atoms with van der Waals surface area (Å²) in [5, 5.41) is 6.99. The van der Waals surface area contributed by atoms with Crippen molar-refractivity contribution in [2.24, 2.45) is 0 Å². The summed E-state index contributed by atoms with van der Waals surface area (Å²) in [5.74, 6) is -0.0965. The number of rotatable bonds is 8. The van der Waals surface area contributed by atoms with Gasteiger partial charge >= 0.3 is 0 Å². The van der Waals surface area contributed by atoms with E-state index in [2.05, 4.69) is 10.4 Å². The summed E-state index contributed by atoms with van der Waals surface area (Å²) in [4.78, 5) is 25.3. The number of nitrogens with zero attached hydrogens (tertiary/aromatic N) is 3. The number of carbonyl (C=O) groups excluding carboxylic acids is 2. The van der Waals surface area contributed by atoms with Crippen LogP contribution in [0.25, 0.3) is 0 Å². The van der Waals surface area contributed by atoms with Gasteiger partial charge < -0.3 is 19.7 Å². The second kappa shape index (κ2) is 8.64. The maximum absolute atomic E-state index is 11.9. The lowest BCUT2D eigenvalue weighted by Gasteiger charge is -2.32. The van der Waals surface area contributed by atoms with Crippen LogP contribution in [-0.2, 0) is 25.6 Å². The van der Waals surface area contributed by atoms with Gasteiger partial charge in [-0.25, -0.2) is 0 Å². The Morgan fingerprint density at radius 2 is 2.35 bits per heavy atom. The third kappa shape index (κ3) is 5.65.